The topological polar surface area (TPSA) is 51.8 Å². The molecule has 1 unspecified atom stereocenters. The van der Waals surface area contributed by atoms with Crippen LogP contribution in [-0.2, 0) is 0 Å². The van der Waals surface area contributed by atoms with Crippen LogP contribution in [0.25, 0.3) is 22.0 Å². The highest BCUT2D eigenvalue weighted by Crippen LogP contribution is 2.33. The number of pyridine rings is 2. The average molecular weight is 317 g/mol. The third kappa shape index (κ3) is 3.04. The molecule has 2 aromatic heterocycles. The molecule has 0 saturated heterocycles. The fourth-order valence-electron chi connectivity index (χ4n) is 3.79. The standard InChI is InChI=1S/C21H23N3/c22-21(16-4-2-1-3-5-16)20-9-7-18-14-17(6-8-19(18)24-20)15-10-12-23-13-11-15/h6-14,16,21H,1-5,22H2. The quantitative estimate of drug-likeness (QED) is 0.749. The van der Waals surface area contributed by atoms with Gasteiger partial charge in [-0.05, 0) is 60.2 Å². The summed E-state index contributed by atoms with van der Waals surface area (Å²) in [5, 5.41) is 1.16. The molecule has 1 aromatic carbocycles. The van der Waals surface area contributed by atoms with Crippen LogP contribution in [0, 0.1) is 5.92 Å². The zero-order valence-electron chi connectivity index (χ0n) is 13.9. The number of nitrogens with zero attached hydrogens (tertiary/aromatic N) is 2. The van der Waals surface area contributed by atoms with Crippen molar-refractivity contribution < 1.29 is 0 Å². The Bertz CT molecular complexity index is 823. The van der Waals surface area contributed by atoms with Crippen LogP contribution in [0.15, 0.2) is 54.9 Å². The fourth-order valence-corrected chi connectivity index (χ4v) is 3.79. The van der Waals surface area contributed by atoms with Crippen molar-refractivity contribution in [3.8, 4) is 11.1 Å². The molecule has 1 aliphatic rings. The van der Waals surface area contributed by atoms with Crippen LogP contribution in [0.3, 0.4) is 0 Å². The van der Waals surface area contributed by atoms with Crippen LogP contribution in [0.5, 0.6) is 0 Å². The largest absolute Gasteiger partial charge is 0.322 e. The normalized spacial score (nSPS) is 17.0. The molecule has 2 heterocycles. The predicted octanol–water partition coefficient (Wildman–Crippen LogP) is 4.88. The van der Waals surface area contributed by atoms with Gasteiger partial charge in [0.2, 0.25) is 0 Å². The molecule has 0 radical (unpaired) electrons. The summed E-state index contributed by atoms with van der Waals surface area (Å²) in [5.41, 5.74) is 10.9. The minimum atomic E-state index is 0.0644. The van der Waals surface area contributed by atoms with Gasteiger partial charge >= 0.3 is 0 Å². The van der Waals surface area contributed by atoms with Crippen molar-refractivity contribution in [2.75, 3.05) is 0 Å². The lowest BCUT2D eigenvalue weighted by atomic mass is 9.83. The number of benzene rings is 1. The van der Waals surface area contributed by atoms with Gasteiger partial charge in [0.15, 0.2) is 0 Å². The molecular weight excluding hydrogens is 294 g/mol. The Hall–Kier alpha value is -2.26. The van der Waals surface area contributed by atoms with Gasteiger partial charge in [0.05, 0.1) is 11.2 Å². The molecule has 0 amide bonds. The monoisotopic (exact) mass is 317 g/mol. The molecule has 2 N–H and O–H groups in total. The second-order valence-electron chi connectivity index (χ2n) is 6.80. The summed E-state index contributed by atoms with van der Waals surface area (Å²) in [6.45, 7) is 0. The van der Waals surface area contributed by atoms with Gasteiger partial charge in [0, 0.05) is 23.8 Å². The lowest BCUT2D eigenvalue weighted by Gasteiger charge is -2.27. The van der Waals surface area contributed by atoms with Crippen LogP contribution in [0.2, 0.25) is 0 Å². The molecular formula is C21H23N3. The lowest BCUT2D eigenvalue weighted by molar-refractivity contribution is 0.305. The van der Waals surface area contributed by atoms with E-state index in [2.05, 4.69) is 35.3 Å². The third-order valence-corrected chi connectivity index (χ3v) is 5.22. The highest BCUT2D eigenvalue weighted by atomic mass is 14.8. The van der Waals surface area contributed by atoms with Gasteiger partial charge in [-0.2, -0.15) is 0 Å². The Balaban J connectivity index is 1.64. The molecule has 3 nitrogen and oxygen atoms in total. The predicted molar refractivity (Wildman–Crippen MR) is 98.5 cm³/mol. The molecule has 1 fully saturated rings. The van der Waals surface area contributed by atoms with Crippen molar-refractivity contribution in [3.05, 3.63) is 60.6 Å². The van der Waals surface area contributed by atoms with Crippen molar-refractivity contribution in [1.82, 2.24) is 9.97 Å². The van der Waals surface area contributed by atoms with Crippen LogP contribution in [0.1, 0.15) is 43.8 Å². The summed E-state index contributed by atoms with van der Waals surface area (Å²) < 4.78 is 0. The Morgan fingerprint density at radius 2 is 1.67 bits per heavy atom. The molecule has 1 saturated carbocycles. The number of hydrogen-bond acceptors (Lipinski definition) is 3. The minimum Gasteiger partial charge on any atom is -0.322 e. The summed E-state index contributed by atoms with van der Waals surface area (Å²) in [6.07, 6.45) is 10.1. The molecule has 122 valence electrons. The van der Waals surface area contributed by atoms with E-state index >= 15 is 0 Å². The molecule has 4 rings (SSSR count). The zero-order valence-corrected chi connectivity index (χ0v) is 13.9. The van der Waals surface area contributed by atoms with Gasteiger partial charge in [-0.15, -0.1) is 0 Å². The average Bonchev–Trinajstić information content (AvgIpc) is 2.68. The first-order valence-corrected chi connectivity index (χ1v) is 8.88. The highest BCUT2D eigenvalue weighted by molar-refractivity contribution is 5.84. The zero-order chi connectivity index (χ0) is 16.4. The number of rotatable bonds is 3. The van der Waals surface area contributed by atoms with Gasteiger partial charge < -0.3 is 5.73 Å². The smallest absolute Gasteiger partial charge is 0.0706 e. The van der Waals surface area contributed by atoms with Gasteiger partial charge in [-0.3, -0.25) is 9.97 Å². The van der Waals surface area contributed by atoms with Crippen LogP contribution < -0.4 is 5.73 Å². The first-order chi connectivity index (χ1) is 11.8. The SMILES string of the molecule is NC(c1ccc2cc(-c3ccncc3)ccc2n1)C1CCCCC1. The lowest BCUT2D eigenvalue weighted by Crippen LogP contribution is -2.24. The highest BCUT2D eigenvalue weighted by Gasteiger charge is 2.22. The summed E-state index contributed by atoms with van der Waals surface area (Å²) in [5.74, 6) is 0.583. The fraction of sp³-hybridized carbons (Fsp3) is 0.333. The number of hydrogen-bond donors (Lipinski definition) is 1. The van der Waals surface area contributed by atoms with E-state index in [0.29, 0.717) is 5.92 Å². The molecule has 0 bridgehead atoms. The van der Waals surface area contributed by atoms with Gasteiger partial charge in [-0.1, -0.05) is 31.4 Å². The molecule has 3 heteroatoms. The Morgan fingerprint density at radius 3 is 2.46 bits per heavy atom. The molecule has 0 spiro atoms. The van der Waals surface area contributed by atoms with E-state index in [9.17, 15) is 0 Å². The molecule has 3 aromatic rings. The van der Waals surface area contributed by atoms with E-state index in [1.54, 1.807) is 0 Å². The van der Waals surface area contributed by atoms with Crippen LogP contribution in [-0.4, -0.2) is 9.97 Å². The summed E-state index contributed by atoms with van der Waals surface area (Å²) in [7, 11) is 0. The summed E-state index contributed by atoms with van der Waals surface area (Å²) >= 11 is 0. The van der Waals surface area contributed by atoms with Crippen molar-refractivity contribution >= 4 is 10.9 Å². The third-order valence-electron chi connectivity index (χ3n) is 5.22. The Labute approximate surface area is 142 Å². The molecule has 1 atom stereocenters. The van der Waals surface area contributed by atoms with Crippen molar-refractivity contribution in [2.45, 2.75) is 38.1 Å². The Kier molecular flexibility index (Phi) is 4.26. The minimum absolute atomic E-state index is 0.0644. The van der Waals surface area contributed by atoms with E-state index in [1.807, 2.05) is 24.5 Å². The van der Waals surface area contributed by atoms with Crippen molar-refractivity contribution in [1.29, 1.82) is 0 Å². The Morgan fingerprint density at radius 1 is 0.875 bits per heavy atom. The van der Waals surface area contributed by atoms with Crippen LogP contribution >= 0.6 is 0 Å². The summed E-state index contributed by atoms with van der Waals surface area (Å²) in [4.78, 5) is 8.93. The number of aromatic nitrogens is 2. The number of nitrogens with two attached hydrogens (primary N) is 1. The first kappa shape index (κ1) is 15.3. The number of fused-ring (bicyclic) bond motifs is 1. The van der Waals surface area contributed by atoms with Gasteiger partial charge in [0.1, 0.15) is 0 Å². The van der Waals surface area contributed by atoms with Gasteiger partial charge in [-0.25, -0.2) is 0 Å². The van der Waals surface area contributed by atoms with E-state index < -0.39 is 0 Å². The maximum absolute atomic E-state index is 6.51. The van der Waals surface area contributed by atoms with Crippen LogP contribution in [0.4, 0.5) is 0 Å². The molecule has 1 aliphatic carbocycles. The molecule has 24 heavy (non-hydrogen) atoms. The van der Waals surface area contributed by atoms with E-state index in [4.69, 9.17) is 10.7 Å². The second-order valence-corrected chi connectivity index (χ2v) is 6.80. The van der Waals surface area contributed by atoms with E-state index in [-0.39, 0.29) is 6.04 Å². The van der Waals surface area contributed by atoms with E-state index in [0.717, 1.165) is 16.6 Å². The second kappa shape index (κ2) is 6.70. The first-order valence-electron chi connectivity index (χ1n) is 8.88. The maximum atomic E-state index is 6.51. The molecule has 0 aliphatic heterocycles. The van der Waals surface area contributed by atoms with Gasteiger partial charge in [0.25, 0.3) is 0 Å². The van der Waals surface area contributed by atoms with Crippen molar-refractivity contribution in [3.63, 3.8) is 0 Å². The van der Waals surface area contributed by atoms with E-state index in [1.165, 1.54) is 43.2 Å². The summed E-state index contributed by atoms with van der Waals surface area (Å²) in [6, 6.07) is 14.8. The maximum Gasteiger partial charge on any atom is 0.0706 e. The van der Waals surface area contributed by atoms with Crippen molar-refractivity contribution in [2.24, 2.45) is 11.7 Å².